The fraction of sp³-hybridized carbons (Fsp3) is 0.0952. The number of aromatic amines is 1. The van der Waals surface area contributed by atoms with E-state index in [1.807, 2.05) is 72.8 Å². The van der Waals surface area contributed by atoms with Crippen molar-refractivity contribution in [3.8, 4) is 22.9 Å². The molecule has 0 bridgehead atoms. The van der Waals surface area contributed by atoms with Crippen LogP contribution in [0, 0.1) is 0 Å². The number of nitrogens with zero attached hydrogens (tertiary/aromatic N) is 4. The Labute approximate surface area is 162 Å². The molecule has 4 rings (SSSR count). The maximum atomic E-state index is 5.29. The Balaban J connectivity index is 1.75. The smallest absolute Gasteiger partial charge is 0.204 e. The van der Waals surface area contributed by atoms with Crippen molar-refractivity contribution in [1.82, 2.24) is 20.6 Å². The van der Waals surface area contributed by atoms with Crippen molar-refractivity contribution in [3.63, 3.8) is 0 Å². The van der Waals surface area contributed by atoms with E-state index >= 15 is 0 Å². The van der Waals surface area contributed by atoms with Crippen LogP contribution in [-0.4, -0.2) is 34.8 Å². The molecule has 4 aromatic rings. The summed E-state index contributed by atoms with van der Waals surface area (Å²) in [5.41, 5.74) is 3.92. The van der Waals surface area contributed by atoms with Gasteiger partial charge in [0.25, 0.3) is 0 Å². The van der Waals surface area contributed by atoms with E-state index in [0.29, 0.717) is 5.82 Å². The summed E-state index contributed by atoms with van der Waals surface area (Å²) in [5.74, 6) is 2.18. The van der Waals surface area contributed by atoms with E-state index in [1.165, 1.54) is 0 Å². The Kier molecular flexibility index (Phi) is 4.88. The molecule has 0 amide bonds. The van der Waals surface area contributed by atoms with Crippen LogP contribution in [0.15, 0.2) is 72.8 Å². The predicted octanol–water partition coefficient (Wildman–Crippen LogP) is 4.35. The second-order valence-corrected chi connectivity index (χ2v) is 6.01. The number of anilines is 3. The van der Waals surface area contributed by atoms with E-state index in [4.69, 9.17) is 9.47 Å². The Morgan fingerprint density at radius 3 is 1.54 bits per heavy atom. The molecule has 1 heterocycles. The van der Waals surface area contributed by atoms with E-state index in [-0.39, 0.29) is 0 Å². The first-order chi connectivity index (χ1) is 13.8. The van der Waals surface area contributed by atoms with Crippen LogP contribution in [0.4, 0.5) is 17.1 Å². The number of ether oxygens (including phenoxy) is 2. The molecular weight excluding hydrogens is 354 g/mol. The average molecular weight is 373 g/mol. The van der Waals surface area contributed by atoms with Crippen LogP contribution >= 0.6 is 0 Å². The van der Waals surface area contributed by atoms with Crippen molar-refractivity contribution in [2.24, 2.45) is 0 Å². The van der Waals surface area contributed by atoms with Crippen molar-refractivity contribution in [2.45, 2.75) is 0 Å². The van der Waals surface area contributed by atoms with E-state index in [2.05, 4.69) is 25.5 Å². The number of tetrazole rings is 1. The highest BCUT2D eigenvalue weighted by atomic mass is 16.5. The Hall–Kier alpha value is -3.87. The zero-order chi connectivity index (χ0) is 19.3. The standard InChI is InChI=1S/C21H19N5O2/c1-27-19-11-7-17(8-12-19)26(18-9-13-20(28-2)14-10-18)16-5-3-15(4-6-16)21-22-24-25-23-21/h3-14H,1-2H3,(H,22,23,24,25). The summed E-state index contributed by atoms with van der Waals surface area (Å²) in [6.07, 6.45) is 0. The van der Waals surface area contributed by atoms with Gasteiger partial charge in [-0.25, -0.2) is 0 Å². The zero-order valence-electron chi connectivity index (χ0n) is 15.5. The van der Waals surface area contributed by atoms with Gasteiger partial charge in [-0.3, -0.25) is 0 Å². The van der Waals surface area contributed by atoms with Crippen molar-refractivity contribution < 1.29 is 9.47 Å². The van der Waals surface area contributed by atoms with Gasteiger partial charge in [0.2, 0.25) is 5.82 Å². The zero-order valence-corrected chi connectivity index (χ0v) is 15.5. The lowest BCUT2D eigenvalue weighted by atomic mass is 10.1. The SMILES string of the molecule is COc1ccc(N(c2ccc(OC)cc2)c2ccc(-c3nn[nH]n3)cc2)cc1. The molecule has 0 unspecified atom stereocenters. The monoisotopic (exact) mass is 373 g/mol. The van der Waals surface area contributed by atoms with Crippen LogP contribution in [0.1, 0.15) is 0 Å². The first-order valence-corrected chi connectivity index (χ1v) is 8.70. The summed E-state index contributed by atoms with van der Waals surface area (Å²) in [6, 6.07) is 23.9. The van der Waals surface area contributed by atoms with Crippen LogP contribution in [-0.2, 0) is 0 Å². The largest absolute Gasteiger partial charge is 0.497 e. The van der Waals surface area contributed by atoms with Gasteiger partial charge in [0.05, 0.1) is 14.2 Å². The lowest BCUT2D eigenvalue weighted by Gasteiger charge is -2.26. The molecule has 0 fully saturated rings. The first kappa shape index (κ1) is 17.5. The number of hydrogen-bond acceptors (Lipinski definition) is 6. The van der Waals surface area contributed by atoms with Gasteiger partial charge in [-0.2, -0.15) is 5.21 Å². The molecule has 1 N–H and O–H groups in total. The number of aromatic nitrogens is 4. The third-order valence-electron chi connectivity index (χ3n) is 4.39. The van der Waals surface area contributed by atoms with Gasteiger partial charge < -0.3 is 14.4 Å². The molecule has 3 aromatic carbocycles. The second-order valence-electron chi connectivity index (χ2n) is 6.01. The molecule has 0 spiro atoms. The minimum absolute atomic E-state index is 0.562. The summed E-state index contributed by atoms with van der Waals surface area (Å²) < 4.78 is 10.6. The van der Waals surface area contributed by atoms with Crippen LogP contribution < -0.4 is 14.4 Å². The van der Waals surface area contributed by atoms with Gasteiger partial charge >= 0.3 is 0 Å². The molecule has 0 aliphatic rings. The molecule has 140 valence electrons. The molecule has 0 aliphatic heterocycles. The number of methoxy groups -OCH3 is 2. The summed E-state index contributed by atoms with van der Waals surface area (Å²) >= 11 is 0. The normalized spacial score (nSPS) is 10.5. The molecule has 28 heavy (non-hydrogen) atoms. The number of nitrogens with one attached hydrogen (secondary N) is 1. The van der Waals surface area contributed by atoms with E-state index in [9.17, 15) is 0 Å². The molecule has 0 saturated carbocycles. The first-order valence-electron chi connectivity index (χ1n) is 8.70. The van der Waals surface area contributed by atoms with Crippen LogP contribution in [0.2, 0.25) is 0 Å². The van der Waals surface area contributed by atoms with Crippen molar-refractivity contribution in [1.29, 1.82) is 0 Å². The Morgan fingerprint density at radius 2 is 1.14 bits per heavy atom. The molecule has 0 saturated heterocycles. The quantitative estimate of drug-likeness (QED) is 0.541. The predicted molar refractivity (Wildman–Crippen MR) is 107 cm³/mol. The molecule has 0 atom stereocenters. The van der Waals surface area contributed by atoms with Crippen molar-refractivity contribution >= 4 is 17.1 Å². The minimum atomic E-state index is 0.562. The maximum absolute atomic E-state index is 5.29. The second kappa shape index (κ2) is 7.79. The summed E-state index contributed by atoms with van der Waals surface area (Å²) in [7, 11) is 3.32. The summed E-state index contributed by atoms with van der Waals surface area (Å²) in [5, 5.41) is 14.1. The third kappa shape index (κ3) is 3.50. The third-order valence-corrected chi connectivity index (χ3v) is 4.39. The van der Waals surface area contributed by atoms with Crippen LogP contribution in [0.5, 0.6) is 11.5 Å². The Bertz CT molecular complexity index is 967. The number of hydrogen-bond donors (Lipinski definition) is 1. The molecule has 0 radical (unpaired) electrons. The highest BCUT2D eigenvalue weighted by Gasteiger charge is 2.13. The lowest BCUT2D eigenvalue weighted by molar-refractivity contribution is 0.415. The highest BCUT2D eigenvalue weighted by Crippen LogP contribution is 2.36. The molecule has 7 nitrogen and oxygen atoms in total. The van der Waals surface area contributed by atoms with Gasteiger partial charge in [0.15, 0.2) is 0 Å². The van der Waals surface area contributed by atoms with E-state index in [1.54, 1.807) is 14.2 Å². The fourth-order valence-corrected chi connectivity index (χ4v) is 2.95. The summed E-state index contributed by atoms with van der Waals surface area (Å²) in [6.45, 7) is 0. The topological polar surface area (TPSA) is 76.2 Å². The molecule has 7 heteroatoms. The lowest BCUT2D eigenvalue weighted by Crippen LogP contribution is -2.09. The van der Waals surface area contributed by atoms with E-state index < -0.39 is 0 Å². The van der Waals surface area contributed by atoms with Crippen LogP contribution in [0.25, 0.3) is 11.4 Å². The van der Waals surface area contributed by atoms with Gasteiger partial charge in [0, 0.05) is 22.6 Å². The van der Waals surface area contributed by atoms with Gasteiger partial charge in [-0.15, -0.1) is 10.2 Å². The number of H-pyrrole nitrogens is 1. The minimum Gasteiger partial charge on any atom is -0.497 e. The Morgan fingerprint density at radius 1 is 0.679 bits per heavy atom. The highest BCUT2D eigenvalue weighted by molar-refractivity contribution is 5.78. The van der Waals surface area contributed by atoms with Crippen molar-refractivity contribution in [2.75, 3.05) is 19.1 Å². The van der Waals surface area contributed by atoms with Gasteiger partial charge in [-0.05, 0) is 78.0 Å². The van der Waals surface area contributed by atoms with Gasteiger partial charge in [0.1, 0.15) is 11.5 Å². The number of rotatable bonds is 6. The fourth-order valence-electron chi connectivity index (χ4n) is 2.95. The molecular formula is C21H19N5O2. The van der Waals surface area contributed by atoms with E-state index in [0.717, 1.165) is 34.1 Å². The maximum Gasteiger partial charge on any atom is 0.204 e. The number of benzene rings is 3. The average Bonchev–Trinajstić information content (AvgIpc) is 3.30. The van der Waals surface area contributed by atoms with Crippen molar-refractivity contribution in [3.05, 3.63) is 72.8 Å². The molecule has 1 aromatic heterocycles. The summed E-state index contributed by atoms with van der Waals surface area (Å²) in [4.78, 5) is 2.15. The molecule has 0 aliphatic carbocycles. The van der Waals surface area contributed by atoms with Gasteiger partial charge in [-0.1, -0.05) is 0 Å². The van der Waals surface area contributed by atoms with Crippen LogP contribution in [0.3, 0.4) is 0 Å².